The number of piperidine rings is 1. The van der Waals surface area contributed by atoms with E-state index >= 15 is 0 Å². The smallest absolute Gasteiger partial charge is 0.119 e. The van der Waals surface area contributed by atoms with E-state index in [1.165, 1.54) is 5.56 Å². The van der Waals surface area contributed by atoms with Crippen molar-refractivity contribution in [2.24, 2.45) is 10.9 Å². The van der Waals surface area contributed by atoms with Crippen molar-refractivity contribution in [3.63, 3.8) is 0 Å². The number of nitrogens with zero attached hydrogens (tertiary/aromatic N) is 2. The molecule has 3 rings (SSSR count). The Morgan fingerprint density at radius 3 is 3.10 bits per heavy atom. The highest BCUT2D eigenvalue weighted by molar-refractivity contribution is 5.86. The van der Waals surface area contributed by atoms with Crippen molar-refractivity contribution < 1.29 is 4.74 Å². The van der Waals surface area contributed by atoms with Crippen LogP contribution in [-0.2, 0) is 5.41 Å². The van der Waals surface area contributed by atoms with E-state index in [0.717, 1.165) is 37.5 Å². The summed E-state index contributed by atoms with van der Waals surface area (Å²) in [6.45, 7) is 5.08. The van der Waals surface area contributed by atoms with Gasteiger partial charge in [0.15, 0.2) is 0 Å². The lowest BCUT2D eigenvalue weighted by Crippen LogP contribution is -2.49. The van der Waals surface area contributed by atoms with Crippen LogP contribution in [-0.4, -0.2) is 37.9 Å². The Labute approximate surface area is 120 Å². The van der Waals surface area contributed by atoms with Crippen LogP contribution in [0, 0.1) is 18.3 Å². The summed E-state index contributed by atoms with van der Waals surface area (Å²) in [5.74, 6) is 4.16. The molecule has 104 valence electrons. The molecule has 1 aromatic rings. The fourth-order valence-corrected chi connectivity index (χ4v) is 3.48. The van der Waals surface area contributed by atoms with Gasteiger partial charge >= 0.3 is 0 Å². The lowest BCUT2D eigenvalue weighted by molar-refractivity contribution is 0.156. The predicted octanol–water partition coefficient (Wildman–Crippen LogP) is 2.62. The van der Waals surface area contributed by atoms with Crippen molar-refractivity contribution >= 4 is 11.9 Å². The van der Waals surface area contributed by atoms with E-state index in [1.807, 2.05) is 6.07 Å². The second-order valence-corrected chi connectivity index (χ2v) is 5.77. The molecular weight excluding hydrogens is 248 g/mol. The molecule has 2 atom stereocenters. The lowest BCUT2D eigenvalue weighted by Gasteiger charge is -2.43. The largest absolute Gasteiger partial charge is 0.497 e. The average Bonchev–Trinajstić information content (AvgIpc) is 2.83. The highest BCUT2D eigenvalue weighted by Crippen LogP contribution is 2.47. The second kappa shape index (κ2) is 4.96. The van der Waals surface area contributed by atoms with E-state index < -0.39 is 0 Å². The van der Waals surface area contributed by atoms with Crippen LogP contribution < -0.4 is 4.74 Å². The van der Waals surface area contributed by atoms with Gasteiger partial charge in [-0.15, -0.1) is 6.42 Å². The fourth-order valence-electron chi connectivity index (χ4n) is 3.48. The molecule has 3 nitrogen and oxygen atoms in total. The third kappa shape index (κ3) is 1.92. The van der Waals surface area contributed by atoms with E-state index in [4.69, 9.17) is 11.2 Å². The molecule has 1 aromatic carbocycles. The average molecular weight is 268 g/mol. The Morgan fingerprint density at radius 2 is 2.40 bits per heavy atom. The number of methoxy groups -OCH3 is 1. The monoisotopic (exact) mass is 268 g/mol. The molecule has 0 aromatic heterocycles. The van der Waals surface area contributed by atoms with Crippen LogP contribution in [0.1, 0.15) is 18.9 Å². The first-order valence-electron chi connectivity index (χ1n) is 7.09. The Bertz CT molecular complexity index is 587. The van der Waals surface area contributed by atoms with Crippen LogP contribution in [0.4, 0.5) is 5.69 Å². The molecule has 0 aliphatic carbocycles. The number of ether oxygens (including phenoxy) is 1. The molecule has 20 heavy (non-hydrogen) atoms. The number of terminal acetylenes is 1. The fraction of sp³-hybridized carbons (Fsp3) is 0.471. The molecule has 0 radical (unpaired) electrons. The van der Waals surface area contributed by atoms with Gasteiger partial charge in [-0.25, -0.2) is 0 Å². The standard InChI is InChI=1S/C17H20N2O/c1-4-8-19-9-7-17(13(2)11-19)12-18-16-6-5-14(20-3)10-15(16)17/h1,5-6,10,12-13H,7-9,11H2,2-3H3. The molecule has 0 saturated carbocycles. The SMILES string of the molecule is C#CCN1CCC2(C=Nc3ccc(OC)cc32)C(C)C1. The molecule has 2 unspecified atom stereocenters. The molecule has 2 aliphatic heterocycles. The van der Waals surface area contributed by atoms with Crippen molar-refractivity contribution in [3.8, 4) is 18.1 Å². The van der Waals surface area contributed by atoms with Crippen LogP contribution in [0.2, 0.25) is 0 Å². The maximum Gasteiger partial charge on any atom is 0.119 e. The molecule has 1 saturated heterocycles. The lowest BCUT2D eigenvalue weighted by atomic mass is 9.68. The van der Waals surface area contributed by atoms with Gasteiger partial charge in [0.05, 0.1) is 19.3 Å². The number of fused-ring (bicyclic) bond motifs is 2. The Hall–Kier alpha value is -1.79. The molecule has 3 heteroatoms. The minimum atomic E-state index is 0.0506. The summed E-state index contributed by atoms with van der Waals surface area (Å²) < 4.78 is 5.38. The zero-order valence-corrected chi connectivity index (χ0v) is 12.1. The summed E-state index contributed by atoms with van der Waals surface area (Å²) in [6.07, 6.45) is 8.65. The van der Waals surface area contributed by atoms with E-state index in [0.29, 0.717) is 5.92 Å². The number of hydrogen-bond donors (Lipinski definition) is 0. The molecule has 0 bridgehead atoms. The molecule has 2 heterocycles. The van der Waals surface area contributed by atoms with Gasteiger partial charge in [0.2, 0.25) is 0 Å². The van der Waals surface area contributed by atoms with E-state index in [2.05, 4.69) is 41.1 Å². The zero-order valence-electron chi connectivity index (χ0n) is 12.1. The van der Waals surface area contributed by atoms with Gasteiger partial charge in [0, 0.05) is 24.7 Å². The van der Waals surface area contributed by atoms with Gasteiger partial charge in [-0.3, -0.25) is 9.89 Å². The van der Waals surface area contributed by atoms with E-state index in [1.54, 1.807) is 7.11 Å². The van der Waals surface area contributed by atoms with Crippen molar-refractivity contribution in [2.75, 3.05) is 26.7 Å². The normalized spacial score (nSPS) is 28.4. The minimum Gasteiger partial charge on any atom is -0.497 e. The van der Waals surface area contributed by atoms with Crippen molar-refractivity contribution in [1.29, 1.82) is 0 Å². The molecule has 2 aliphatic rings. The number of benzene rings is 1. The molecule has 1 spiro atoms. The summed E-state index contributed by atoms with van der Waals surface area (Å²) in [5, 5.41) is 0. The van der Waals surface area contributed by atoms with Crippen LogP contribution >= 0.6 is 0 Å². The Kier molecular flexibility index (Phi) is 3.27. The second-order valence-electron chi connectivity index (χ2n) is 5.77. The number of hydrogen-bond acceptors (Lipinski definition) is 3. The van der Waals surface area contributed by atoms with Crippen molar-refractivity contribution in [1.82, 2.24) is 4.90 Å². The van der Waals surface area contributed by atoms with Gasteiger partial charge in [-0.1, -0.05) is 12.8 Å². The number of likely N-dealkylation sites (tertiary alicyclic amines) is 1. The Morgan fingerprint density at radius 1 is 1.55 bits per heavy atom. The van der Waals surface area contributed by atoms with Gasteiger partial charge < -0.3 is 4.74 Å². The topological polar surface area (TPSA) is 24.8 Å². The van der Waals surface area contributed by atoms with Crippen LogP contribution in [0.3, 0.4) is 0 Å². The summed E-state index contributed by atoms with van der Waals surface area (Å²) in [6, 6.07) is 6.18. The van der Waals surface area contributed by atoms with Gasteiger partial charge in [0.25, 0.3) is 0 Å². The third-order valence-electron chi connectivity index (χ3n) is 4.71. The highest BCUT2D eigenvalue weighted by Gasteiger charge is 2.44. The highest BCUT2D eigenvalue weighted by atomic mass is 16.5. The maximum absolute atomic E-state index is 5.43. The van der Waals surface area contributed by atoms with Gasteiger partial charge in [-0.2, -0.15) is 0 Å². The quantitative estimate of drug-likeness (QED) is 0.770. The van der Waals surface area contributed by atoms with Crippen LogP contribution in [0.25, 0.3) is 0 Å². The number of aliphatic imine (C=N–C) groups is 1. The summed E-state index contributed by atoms with van der Waals surface area (Å²) in [5.41, 5.74) is 2.45. The first-order valence-corrected chi connectivity index (χ1v) is 7.09. The molecule has 0 N–H and O–H groups in total. The third-order valence-corrected chi connectivity index (χ3v) is 4.71. The molecule has 1 fully saturated rings. The summed E-state index contributed by atoms with van der Waals surface area (Å²) in [4.78, 5) is 6.98. The van der Waals surface area contributed by atoms with Crippen molar-refractivity contribution in [2.45, 2.75) is 18.8 Å². The molecule has 0 amide bonds. The van der Waals surface area contributed by atoms with E-state index in [9.17, 15) is 0 Å². The number of rotatable bonds is 2. The zero-order chi connectivity index (χ0) is 14.2. The first-order chi connectivity index (χ1) is 9.69. The van der Waals surface area contributed by atoms with Gasteiger partial charge in [-0.05, 0) is 36.1 Å². The summed E-state index contributed by atoms with van der Waals surface area (Å²) >= 11 is 0. The van der Waals surface area contributed by atoms with Crippen molar-refractivity contribution in [3.05, 3.63) is 23.8 Å². The molecular formula is C17H20N2O. The van der Waals surface area contributed by atoms with E-state index in [-0.39, 0.29) is 5.41 Å². The maximum atomic E-state index is 5.43. The Balaban J connectivity index is 1.93. The van der Waals surface area contributed by atoms with Gasteiger partial charge in [0.1, 0.15) is 5.75 Å². The van der Waals surface area contributed by atoms with Crippen LogP contribution in [0.5, 0.6) is 5.75 Å². The minimum absolute atomic E-state index is 0.0506. The predicted molar refractivity (Wildman–Crippen MR) is 81.9 cm³/mol. The van der Waals surface area contributed by atoms with Crippen LogP contribution in [0.15, 0.2) is 23.2 Å². The summed E-state index contributed by atoms with van der Waals surface area (Å²) in [7, 11) is 1.71. The first kappa shape index (κ1) is 13.2.